The van der Waals surface area contributed by atoms with Crippen molar-refractivity contribution in [3.8, 4) is 5.75 Å². The molecule has 130 valence electrons. The molecule has 0 atom stereocenters. The van der Waals surface area contributed by atoms with Crippen LogP contribution in [0.25, 0.3) is 10.9 Å². The standard InChI is InChI=1S/C16H16N4O4S/c1-3-23-24-8-10-9-25-16(17-10)19-18-13-14(21)11-6-4-5-7-12(11)20(2)15(13)22/h4-7,9,21H,3,8H2,1-2H3. The summed E-state index contributed by atoms with van der Waals surface area (Å²) in [4.78, 5) is 26.3. The van der Waals surface area contributed by atoms with Gasteiger partial charge in [-0.2, -0.15) is 0 Å². The number of aromatic hydroxyl groups is 1. The molecule has 0 amide bonds. The molecule has 0 aliphatic carbocycles. The van der Waals surface area contributed by atoms with E-state index >= 15 is 0 Å². The number of pyridine rings is 1. The highest BCUT2D eigenvalue weighted by atomic mass is 32.1. The van der Waals surface area contributed by atoms with Crippen LogP contribution >= 0.6 is 11.3 Å². The van der Waals surface area contributed by atoms with Gasteiger partial charge in [0.05, 0.1) is 17.8 Å². The molecule has 0 aliphatic heterocycles. The molecule has 0 radical (unpaired) electrons. The van der Waals surface area contributed by atoms with E-state index in [1.54, 1.807) is 36.7 Å². The largest absolute Gasteiger partial charge is 0.505 e. The van der Waals surface area contributed by atoms with Crippen LogP contribution in [0, 0.1) is 0 Å². The number of aryl methyl sites for hydroxylation is 1. The Morgan fingerprint density at radius 2 is 2.08 bits per heavy atom. The summed E-state index contributed by atoms with van der Waals surface area (Å²) in [7, 11) is 1.62. The van der Waals surface area contributed by atoms with Crippen LogP contribution in [0.4, 0.5) is 10.8 Å². The van der Waals surface area contributed by atoms with E-state index in [0.29, 0.717) is 28.3 Å². The molecule has 3 aromatic rings. The molecule has 0 unspecified atom stereocenters. The Labute approximate surface area is 146 Å². The van der Waals surface area contributed by atoms with E-state index in [2.05, 4.69) is 15.2 Å². The molecule has 0 saturated heterocycles. The van der Waals surface area contributed by atoms with E-state index in [1.165, 1.54) is 15.9 Å². The quantitative estimate of drug-likeness (QED) is 0.313. The maximum atomic E-state index is 12.4. The van der Waals surface area contributed by atoms with Crippen molar-refractivity contribution in [1.29, 1.82) is 0 Å². The van der Waals surface area contributed by atoms with Gasteiger partial charge in [-0.1, -0.05) is 12.1 Å². The van der Waals surface area contributed by atoms with E-state index in [4.69, 9.17) is 9.78 Å². The molecular weight excluding hydrogens is 344 g/mol. The van der Waals surface area contributed by atoms with Gasteiger partial charge in [0.25, 0.3) is 5.56 Å². The summed E-state index contributed by atoms with van der Waals surface area (Å²) >= 11 is 1.25. The Morgan fingerprint density at radius 1 is 1.28 bits per heavy atom. The van der Waals surface area contributed by atoms with E-state index < -0.39 is 5.56 Å². The number of para-hydroxylation sites is 1. The number of azo groups is 1. The van der Waals surface area contributed by atoms with Crippen molar-refractivity contribution in [2.24, 2.45) is 17.3 Å². The SMILES string of the molecule is CCOOCc1csc(N=Nc2c(O)c3ccccc3n(C)c2=O)n1. The first kappa shape index (κ1) is 17.2. The van der Waals surface area contributed by atoms with Crippen molar-refractivity contribution in [2.75, 3.05) is 6.61 Å². The fraction of sp³-hybridized carbons (Fsp3) is 0.250. The summed E-state index contributed by atoms with van der Waals surface area (Å²) in [6.45, 7) is 2.46. The molecule has 0 fully saturated rings. The zero-order valence-electron chi connectivity index (χ0n) is 13.7. The highest BCUT2D eigenvalue weighted by Crippen LogP contribution is 2.32. The van der Waals surface area contributed by atoms with Crippen LogP contribution in [0.2, 0.25) is 0 Å². The molecule has 1 N–H and O–H groups in total. The number of hydrogen-bond acceptors (Lipinski definition) is 8. The summed E-state index contributed by atoms with van der Waals surface area (Å²) in [6.07, 6.45) is 0. The van der Waals surface area contributed by atoms with Crippen LogP contribution in [0.1, 0.15) is 12.6 Å². The van der Waals surface area contributed by atoms with Gasteiger partial charge >= 0.3 is 0 Å². The van der Waals surface area contributed by atoms with E-state index in [9.17, 15) is 9.90 Å². The summed E-state index contributed by atoms with van der Waals surface area (Å²) in [5.41, 5.74) is 0.705. The minimum Gasteiger partial charge on any atom is -0.505 e. The first-order valence-corrected chi connectivity index (χ1v) is 8.41. The Hall–Kier alpha value is -2.62. The number of rotatable bonds is 6. The predicted octanol–water partition coefficient (Wildman–Crippen LogP) is 3.58. The van der Waals surface area contributed by atoms with Crippen LogP contribution in [-0.2, 0) is 23.4 Å². The third kappa shape index (κ3) is 3.58. The fourth-order valence-corrected chi connectivity index (χ4v) is 2.86. The third-order valence-corrected chi connectivity index (χ3v) is 4.21. The van der Waals surface area contributed by atoms with Crippen molar-refractivity contribution in [2.45, 2.75) is 13.5 Å². The highest BCUT2D eigenvalue weighted by Gasteiger charge is 2.14. The number of thiazole rings is 1. The predicted molar refractivity (Wildman–Crippen MR) is 93.6 cm³/mol. The number of nitrogens with zero attached hydrogens (tertiary/aromatic N) is 4. The summed E-state index contributed by atoms with van der Waals surface area (Å²) in [6, 6.07) is 7.04. The number of benzene rings is 1. The topological polar surface area (TPSA) is 98.3 Å². The van der Waals surface area contributed by atoms with Gasteiger partial charge in [0, 0.05) is 17.8 Å². The molecule has 8 nitrogen and oxygen atoms in total. The maximum Gasteiger partial charge on any atom is 0.282 e. The Kier molecular flexibility index (Phi) is 5.17. The molecule has 25 heavy (non-hydrogen) atoms. The maximum absolute atomic E-state index is 12.4. The van der Waals surface area contributed by atoms with Gasteiger partial charge in [-0.3, -0.25) is 4.79 Å². The molecule has 0 aliphatic rings. The molecule has 1 aromatic carbocycles. The molecule has 0 bridgehead atoms. The molecule has 2 aromatic heterocycles. The normalized spacial score (nSPS) is 11.6. The van der Waals surface area contributed by atoms with Gasteiger partial charge in [-0.15, -0.1) is 21.6 Å². The first-order chi connectivity index (χ1) is 12.1. The minimum atomic E-state index is -0.434. The van der Waals surface area contributed by atoms with E-state index in [0.717, 1.165) is 0 Å². The average Bonchev–Trinajstić information content (AvgIpc) is 3.08. The van der Waals surface area contributed by atoms with Crippen LogP contribution < -0.4 is 5.56 Å². The summed E-state index contributed by atoms with van der Waals surface area (Å²) in [5, 5.41) is 20.9. The lowest BCUT2D eigenvalue weighted by Gasteiger charge is -2.07. The average molecular weight is 360 g/mol. The smallest absolute Gasteiger partial charge is 0.282 e. The fourth-order valence-electron chi connectivity index (χ4n) is 2.24. The van der Waals surface area contributed by atoms with Crippen molar-refractivity contribution in [3.63, 3.8) is 0 Å². The van der Waals surface area contributed by atoms with E-state index in [1.807, 2.05) is 6.92 Å². The first-order valence-electron chi connectivity index (χ1n) is 7.53. The van der Waals surface area contributed by atoms with Crippen molar-refractivity contribution >= 4 is 33.1 Å². The third-order valence-electron chi connectivity index (χ3n) is 3.44. The lowest BCUT2D eigenvalue weighted by Crippen LogP contribution is -2.16. The minimum absolute atomic E-state index is 0.122. The van der Waals surface area contributed by atoms with Gasteiger partial charge < -0.3 is 9.67 Å². The molecule has 0 spiro atoms. The molecule has 2 heterocycles. The molecular formula is C16H16N4O4S. The van der Waals surface area contributed by atoms with Crippen LogP contribution in [0.5, 0.6) is 5.75 Å². The van der Waals surface area contributed by atoms with Crippen molar-refractivity contribution in [1.82, 2.24) is 9.55 Å². The van der Waals surface area contributed by atoms with Crippen molar-refractivity contribution < 1.29 is 14.9 Å². The van der Waals surface area contributed by atoms with E-state index in [-0.39, 0.29) is 18.0 Å². The number of hydrogen-bond donors (Lipinski definition) is 1. The second kappa shape index (κ2) is 7.51. The Morgan fingerprint density at radius 3 is 2.88 bits per heavy atom. The Bertz CT molecular complexity index is 980. The Balaban J connectivity index is 1.90. The summed E-state index contributed by atoms with van der Waals surface area (Å²) < 4.78 is 1.42. The molecule has 3 rings (SSSR count). The second-order valence-corrected chi connectivity index (χ2v) is 5.91. The summed E-state index contributed by atoms with van der Waals surface area (Å²) in [5.74, 6) is -0.195. The number of aromatic nitrogens is 2. The second-order valence-electron chi connectivity index (χ2n) is 5.07. The van der Waals surface area contributed by atoms with Gasteiger partial charge in [-0.05, 0) is 19.1 Å². The number of fused-ring (bicyclic) bond motifs is 1. The lowest BCUT2D eigenvalue weighted by molar-refractivity contribution is -0.301. The lowest BCUT2D eigenvalue weighted by atomic mass is 10.2. The highest BCUT2D eigenvalue weighted by molar-refractivity contribution is 7.13. The van der Waals surface area contributed by atoms with Gasteiger partial charge in [0.2, 0.25) is 5.13 Å². The molecule has 0 saturated carbocycles. The van der Waals surface area contributed by atoms with Crippen LogP contribution in [-0.4, -0.2) is 21.3 Å². The van der Waals surface area contributed by atoms with Crippen LogP contribution in [0.3, 0.4) is 0 Å². The van der Waals surface area contributed by atoms with Gasteiger partial charge in [0.1, 0.15) is 6.61 Å². The van der Waals surface area contributed by atoms with Crippen molar-refractivity contribution in [3.05, 3.63) is 45.7 Å². The zero-order valence-corrected chi connectivity index (χ0v) is 14.5. The van der Waals surface area contributed by atoms with Crippen LogP contribution in [0.15, 0.2) is 44.7 Å². The van der Waals surface area contributed by atoms with Gasteiger partial charge in [-0.25, -0.2) is 14.8 Å². The zero-order chi connectivity index (χ0) is 17.8. The molecule has 9 heteroatoms. The van der Waals surface area contributed by atoms with Gasteiger partial charge in [0.15, 0.2) is 11.4 Å². The monoisotopic (exact) mass is 360 g/mol.